The highest BCUT2D eigenvalue weighted by molar-refractivity contribution is 14.1. The predicted molar refractivity (Wildman–Crippen MR) is 89.0 cm³/mol. The van der Waals surface area contributed by atoms with Gasteiger partial charge in [0, 0.05) is 9.61 Å². The normalized spacial score (nSPS) is 13.0. The molecule has 1 atom stereocenters. The van der Waals surface area contributed by atoms with Crippen molar-refractivity contribution in [1.82, 2.24) is 0 Å². The third-order valence-electron chi connectivity index (χ3n) is 2.89. The van der Waals surface area contributed by atoms with Crippen molar-refractivity contribution in [2.24, 2.45) is 5.73 Å². The van der Waals surface area contributed by atoms with Gasteiger partial charge in [0.1, 0.15) is 5.82 Å². The number of halogens is 2. The third kappa shape index (κ3) is 3.92. The molecule has 3 N–H and O–H groups in total. The Morgan fingerprint density at radius 3 is 2.33 bits per heavy atom. The zero-order valence-electron chi connectivity index (χ0n) is 11.2. The van der Waals surface area contributed by atoms with Crippen LogP contribution < -0.4 is 10.5 Å². The van der Waals surface area contributed by atoms with Gasteiger partial charge in [0.05, 0.1) is 10.6 Å². The van der Waals surface area contributed by atoms with E-state index in [9.17, 15) is 12.8 Å². The maximum Gasteiger partial charge on any atom is 0.261 e. The molecule has 7 heteroatoms. The molecule has 2 rings (SSSR count). The summed E-state index contributed by atoms with van der Waals surface area (Å²) in [6.45, 7) is 1.82. The summed E-state index contributed by atoms with van der Waals surface area (Å²) in [5.74, 6) is -0.413. The van der Waals surface area contributed by atoms with Crippen LogP contribution in [0, 0.1) is 9.39 Å². The van der Waals surface area contributed by atoms with Crippen LogP contribution in [0.15, 0.2) is 47.4 Å². The lowest BCUT2D eigenvalue weighted by Gasteiger charge is -2.11. The van der Waals surface area contributed by atoms with Gasteiger partial charge in [0.2, 0.25) is 0 Å². The Hall–Kier alpha value is -1.19. The number of benzene rings is 2. The van der Waals surface area contributed by atoms with Gasteiger partial charge in [-0.2, -0.15) is 0 Å². The van der Waals surface area contributed by atoms with Gasteiger partial charge in [-0.1, -0.05) is 12.1 Å². The second kappa shape index (κ2) is 6.29. The number of hydrogen-bond acceptors (Lipinski definition) is 3. The first-order chi connectivity index (χ1) is 9.79. The number of anilines is 1. The van der Waals surface area contributed by atoms with Crippen molar-refractivity contribution in [1.29, 1.82) is 0 Å². The van der Waals surface area contributed by atoms with Crippen molar-refractivity contribution in [3.63, 3.8) is 0 Å². The SMILES string of the molecule is CC(N)c1ccc(S(=O)(=O)Nc2ccc(F)cc2I)cc1. The maximum absolute atomic E-state index is 13.0. The summed E-state index contributed by atoms with van der Waals surface area (Å²) < 4.78 is 40.5. The largest absolute Gasteiger partial charge is 0.324 e. The van der Waals surface area contributed by atoms with E-state index < -0.39 is 15.8 Å². The van der Waals surface area contributed by atoms with E-state index in [1.54, 1.807) is 12.1 Å². The molecule has 2 aromatic carbocycles. The van der Waals surface area contributed by atoms with Crippen LogP contribution in [0.1, 0.15) is 18.5 Å². The van der Waals surface area contributed by atoms with Gasteiger partial charge in [-0.25, -0.2) is 12.8 Å². The van der Waals surface area contributed by atoms with Crippen LogP contribution in [0.3, 0.4) is 0 Å². The van der Waals surface area contributed by atoms with Gasteiger partial charge >= 0.3 is 0 Å². The molecule has 0 aliphatic heterocycles. The highest BCUT2D eigenvalue weighted by Gasteiger charge is 2.16. The predicted octanol–water partition coefficient (Wildman–Crippen LogP) is 3.25. The topological polar surface area (TPSA) is 72.2 Å². The Kier molecular flexibility index (Phi) is 4.84. The average Bonchev–Trinajstić information content (AvgIpc) is 2.42. The highest BCUT2D eigenvalue weighted by Crippen LogP contribution is 2.23. The summed E-state index contributed by atoms with van der Waals surface area (Å²) in [6, 6.07) is 10.0. The lowest BCUT2D eigenvalue weighted by Crippen LogP contribution is -2.14. The first kappa shape index (κ1) is 16.2. The van der Waals surface area contributed by atoms with Crippen molar-refractivity contribution in [3.8, 4) is 0 Å². The molecule has 21 heavy (non-hydrogen) atoms. The molecular formula is C14H14FIN2O2S. The maximum atomic E-state index is 13.0. The van der Waals surface area contributed by atoms with Crippen molar-refractivity contribution >= 4 is 38.3 Å². The van der Waals surface area contributed by atoms with Crippen molar-refractivity contribution in [2.45, 2.75) is 17.9 Å². The van der Waals surface area contributed by atoms with E-state index in [0.717, 1.165) is 5.56 Å². The molecule has 0 heterocycles. The van der Waals surface area contributed by atoms with Crippen LogP contribution in [0.4, 0.5) is 10.1 Å². The van der Waals surface area contributed by atoms with Gasteiger partial charge in [-0.3, -0.25) is 4.72 Å². The molecule has 0 bridgehead atoms. The van der Waals surface area contributed by atoms with Crippen molar-refractivity contribution in [3.05, 3.63) is 57.4 Å². The first-order valence-corrected chi connectivity index (χ1v) is 8.69. The molecule has 0 aliphatic rings. The fourth-order valence-electron chi connectivity index (χ4n) is 1.73. The summed E-state index contributed by atoms with van der Waals surface area (Å²) in [5, 5.41) is 0. The third-order valence-corrected chi connectivity index (χ3v) is 5.17. The zero-order chi connectivity index (χ0) is 15.6. The number of rotatable bonds is 4. The molecule has 0 aliphatic carbocycles. The Morgan fingerprint density at radius 1 is 1.19 bits per heavy atom. The van der Waals surface area contributed by atoms with E-state index in [1.807, 2.05) is 29.5 Å². The number of nitrogens with one attached hydrogen (secondary N) is 1. The fourth-order valence-corrected chi connectivity index (χ4v) is 3.60. The minimum Gasteiger partial charge on any atom is -0.324 e. The lowest BCUT2D eigenvalue weighted by atomic mass is 10.1. The summed E-state index contributed by atoms with van der Waals surface area (Å²) in [7, 11) is -3.71. The smallest absolute Gasteiger partial charge is 0.261 e. The Labute approximate surface area is 136 Å². The number of sulfonamides is 1. The van der Waals surface area contributed by atoms with Gasteiger partial charge in [-0.05, 0) is 65.4 Å². The molecular weight excluding hydrogens is 406 g/mol. The molecule has 4 nitrogen and oxygen atoms in total. The van der Waals surface area contributed by atoms with Crippen LogP contribution in [0.2, 0.25) is 0 Å². The van der Waals surface area contributed by atoms with Crippen molar-refractivity contribution in [2.75, 3.05) is 4.72 Å². The van der Waals surface area contributed by atoms with Crippen LogP contribution in [-0.2, 0) is 10.0 Å². The van der Waals surface area contributed by atoms with E-state index in [2.05, 4.69) is 4.72 Å². The summed E-state index contributed by atoms with van der Waals surface area (Å²) in [6.07, 6.45) is 0. The summed E-state index contributed by atoms with van der Waals surface area (Å²) >= 11 is 1.88. The second-order valence-corrected chi connectivity index (χ2v) is 7.43. The summed E-state index contributed by atoms with van der Waals surface area (Å²) in [4.78, 5) is 0.132. The molecule has 112 valence electrons. The molecule has 0 saturated heterocycles. The Bertz CT molecular complexity index is 746. The zero-order valence-corrected chi connectivity index (χ0v) is 14.2. The molecule has 0 saturated carbocycles. The summed E-state index contributed by atoms with van der Waals surface area (Å²) in [5.41, 5.74) is 6.92. The van der Waals surface area contributed by atoms with E-state index in [4.69, 9.17) is 5.73 Å². The van der Waals surface area contributed by atoms with Gasteiger partial charge in [0.15, 0.2) is 0 Å². The van der Waals surface area contributed by atoms with Gasteiger partial charge in [0.25, 0.3) is 10.0 Å². The molecule has 0 amide bonds. The Balaban J connectivity index is 2.29. The molecule has 0 fully saturated rings. The molecule has 1 unspecified atom stereocenters. The molecule has 0 spiro atoms. The van der Waals surface area contributed by atoms with Crippen molar-refractivity contribution < 1.29 is 12.8 Å². The standard InChI is InChI=1S/C14H14FIN2O2S/c1-9(17)10-2-5-12(6-3-10)21(19,20)18-14-7-4-11(15)8-13(14)16/h2-9,18H,17H2,1H3. The molecule has 2 aromatic rings. The van der Waals surface area contributed by atoms with Gasteiger partial charge in [-0.15, -0.1) is 0 Å². The van der Waals surface area contributed by atoms with Crippen LogP contribution in [-0.4, -0.2) is 8.42 Å². The molecule has 0 radical (unpaired) electrons. The van der Waals surface area contributed by atoms with Gasteiger partial charge < -0.3 is 5.73 Å². The lowest BCUT2D eigenvalue weighted by molar-refractivity contribution is 0.600. The van der Waals surface area contributed by atoms with E-state index >= 15 is 0 Å². The number of nitrogens with two attached hydrogens (primary N) is 1. The van der Waals surface area contributed by atoms with E-state index in [1.165, 1.54) is 30.3 Å². The minimum absolute atomic E-state index is 0.132. The Morgan fingerprint density at radius 2 is 1.81 bits per heavy atom. The second-order valence-electron chi connectivity index (χ2n) is 4.59. The van der Waals surface area contributed by atoms with Crippen LogP contribution in [0.5, 0.6) is 0 Å². The van der Waals surface area contributed by atoms with Crippen LogP contribution in [0.25, 0.3) is 0 Å². The quantitative estimate of drug-likeness (QED) is 0.747. The van der Waals surface area contributed by atoms with E-state index in [-0.39, 0.29) is 10.9 Å². The van der Waals surface area contributed by atoms with E-state index in [0.29, 0.717) is 9.26 Å². The van der Waals surface area contributed by atoms with Crippen LogP contribution >= 0.6 is 22.6 Å². The fraction of sp³-hybridized carbons (Fsp3) is 0.143. The first-order valence-electron chi connectivity index (χ1n) is 6.13. The average molecular weight is 420 g/mol. The molecule has 0 aromatic heterocycles. The minimum atomic E-state index is -3.71. The number of hydrogen-bond donors (Lipinski definition) is 2. The monoisotopic (exact) mass is 420 g/mol. The highest BCUT2D eigenvalue weighted by atomic mass is 127.